The second-order valence-corrected chi connectivity index (χ2v) is 8.57. The van der Waals surface area contributed by atoms with E-state index in [0.717, 1.165) is 10.2 Å². The minimum Gasteiger partial charge on any atom is -0.459 e. The van der Waals surface area contributed by atoms with E-state index in [-0.39, 0.29) is 35.7 Å². The Morgan fingerprint density at radius 1 is 1.06 bits per heavy atom. The quantitative estimate of drug-likeness (QED) is 0.327. The number of hydrogen-bond acceptors (Lipinski definition) is 6. The normalized spacial score (nSPS) is 10.7. The molecule has 0 spiro atoms. The minimum absolute atomic E-state index is 0.0603. The first-order valence-corrected chi connectivity index (χ1v) is 11.5. The second kappa shape index (κ2) is 10.5. The maximum atomic E-state index is 13.0. The summed E-state index contributed by atoms with van der Waals surface area (Å²) in [4.78, 5) is 24.6. The van der Waals surface area contributed by atoms with Crippen molar-refractivity contribution in [3.8, 4) is 5.69 Å². The number of carbonyl (C=O) groups excluding carboxylic acids is 2. The predicted octanol–water partition coefficient (Wildman–Crippen LogP) is 4.42. The highest BCUT2D eigenvalue weighted by molar-refractivity contribution is 9.10. The van der Waals surface area contributed by atoms with Gasteiger partial charge in [0.25, 0.3) is 5.91 Å². The summed E-state index contributed by atoms with van der Waals surface area (Å²) in [6.45, 7) is 0.102. The topological polar surface area (TPSA) is 102 Å². The Balaban J connectivity index is 1.49. The van der Waals surface area contributed by atoms with Crippen molar-refractivity contribution >= 4 is 45.2 Å². The molecule has 2 amide bonds. The highest BCUT2D eigenvalue weighted by Crippen LogP contribution is 2.24. The summed E-state index contributed by atoms with van der Waals surface area (Å²) in [5.74, 6) is -0.292. The van der Waals surface area contributed by atoms with E-state index in [2.05, 4.69) is 36.8 Å². The Hall–Kier alpha value is -3.44. The van der Waals surface area contributed by atoms with Crippen molar-refractivity contribution in [3.63, 3.8) is 0 Å². The molecule has 0 fully saturated rings. The number of benzene rings is 2. The summed E-state index contributed by atoms with van der Waals surface area (Å²) in [7, 11) is 0. The monoisotopic (exact) mass is 529 g/mol. The van der Waals surface area contributed by atoms with Crippen LogP contribution in [0.15, 0.2) is 81.0 Å². The molecular weight excluding hydrogens is 513 g/mol. The third kappa shape index (κ3) is 5.88. The van der Waals surface area contributed by atoms with Crippen LogP contribution in [0.1, 0.15) is 16.4 Å². The number of rotatable bonds is 8. The van der Waals surface area contributed by atoms with Crippen LogP contribution in [0.4, 0.5) is 10.1 Å². The number of anilines is 1. The van der Waals surface area contributed by atoms with Crippen LogP contribution >= 0.6 is 27.7 Å². The second-order valence-electron chi connectivity index (χ2n) is 6.71. The van der Waals surface area contributed by atoms with Gasteiger partial charge in [-0.1, -0.05) is 27.7 Å². The van der Waals surface area contributed by atoms with Crippen LogP contribution in [-0.2, 0) is 11.3 Å². The van der Waals surface area contributed by atoms with Crippen molar-refractivity contribution in [3.05, 3.63) is 88.8 Å². The number of amides is 2. The highest BCUT2D eigenvalue weighted by atomic mass is 79.9. The van der Waals surface area contributed by atoms with E-state index >= 15 is 0 Å². The molecule has 2 N–H and O–H groups in total. The van der Waals surface area contributed by atoms with Gasteiger partial charge in [0.2, 0.25) is 5.91 Å². The van der Waals surface area contributed by atoms with E-state index in [1.54, 1.807) is 16.7 Å². The van der Waals surface area contributed by atoms with Gasteiger partial charge in [0.1, 0.15) is 5.82 Å². The van der Waals surface area contributed by atoms with Gasteiger partial charge in [0.15, 0.2) is 16.7 Å². The first-order chi connectivity index (χ1) is 16.0. The van der Waals surface area contributed by atoms with Gasteiger partial charge in [-0.15, -0.1) is 10.2 Å². The Kier molecular flexibility index (Phi) is 7.20. The van der Waals surface area contributed by atoms with Crippen molar-refractivity contribution in [1.82, 2.24) is 20.1 Å². The van der Waals surface area contributed by atoms with Crippen LogP contribution in [0, 0.1) is 5.82 Å². The number of carbonyl (C=O) groups is 2. The Morgan fingerprint density at radius 3 is 2.52 bits per heavy atom. The third-order valence-corrected chi connectivity index (χ3v) is 5.86. The molecule has 11 heteroatoms. The van der Waals surface area contributed by atoms with E-state index in [0.29, 0.717) is 16.7 Å². The summed E-state index contributed by atoms with van der Waals surface area (Å²) >= 11 is 4.60. The molecule has 0 bridgehead atoms. The third-order valence-electron chi connectivity index (χ3n) is 4.40. The lowest BCUT2D eigenvalue weighted by Crippen LogP contribution is -2.24. The zero-order valence-electron chi connectivity index (χ0n) is 17.0. The van der Waals surface area contributed by atoms with Crippen LogP contribution in [0.25, 0.3) is 5.69 Å². The van der Waals surface area contributed by atoms with Crippen LogP contribution in [0.5, 0.6) is 0 Å². The van der Waals surface area contributed by atoms with Gasteiger partial charge in [-0.3, -0.25) is 14.2 Å². The van der Waals surface area contributed by atoms with Crippen LogP contribution in [-0.4, -0.2) is 32.3 Å². The number of nitrogens with zero attached hydrogens (tertiary/aromatic N) is 3. The maximum Gasteiger partial charge on any atom is 0.287 e. The maximum absolute atomic E-state index is 13.0. The molecule has 168 valence electrons. The molecule has 0 radical (unpaired) electrons. The van der Waals surface area contributed by atoms with E-state index in [1.165, 1.54) is 42.3 Å². The molecular formula is C22H17BrFN5O3S. The summed E-state index contributed by atoms with van der Waals surface area (Å²) in [6.07, 6.45) is 1.42. The molecule has 0 aliphatic rings. The summed E-state index contributed by atoms with van der Waals surface area (Å²) in [5.41, 5.74) is 1.27. The lowest BCUT2D eigenvalue weighted by atomic mass is 10.3. The van der Waals surface area contributed by atoms with Crippen molar-refractivity contribution < 1.29 is 18.4 Å². The molecule has 2 heterocycles. The van der Waals surface area contributed by atoms with Gasteiger partial charge < -0.3 is 15.1 Å². The van der Waals surface area contributed by atoms with Gasteiger partial charge in [-0.05, 0) is 60.7 Å². The fourth-order valence-electron chi connectivity index (χ4n) is 2.87. The molecule has 4 rings (SSSR count). The van der Waals surface area contributed by atoms with Gasteiger partial charge >= 0.3 is 0 Å². The van der Waals surface area contributed by atoms with E-state index in [4.69, 9.17) is 4.42 Å². The van der Waals surface area contributed by atoms with Crippen LogP contribution < -0.4 is 10.6 Å². The predicted molar refractivity (Wildman–Crippen MR) is 125 cm³/mol. The number of thioether (sulfide) groups is 1. The van der Waals surface area contributed by atoms with E-state index in [9.17, 15) is 14.0 Å². The largest absolute Gasteiger partial charge is 0.459 e. The Morgan fingerprint density at radius 2 is 1.82 bits per heavy atom. The first kappa shape index (κ1) is 22.7. The van der Waals surface area contributed by atoms with Crippen molar-refractivity contribution in [2.45, 2.75) is 11.7 Å². The number of furan rings is 1. The molecule has 2 aromatic carbocycles. The fourth-order valence-corrected chi connectivity index (χ4v) is 3.91. The SMILES string of the molecule is O=C(CSc1nnc(CNC(=O)c2ccco2)n1-c1ccc(Br)cc1)Nc1ccc(F)cc1. The average molecular weight is 530 g/mol. The lowest BCUT2D eigenvalue weighted by Gasteiger charge is -2.11. The van der Waals surface area contributed by atoms with Crippen LogP contribution in [0.2, 0.25) is 0 Å². The van der Waals surface area contributed by atoms with Crippen molar-refractivity contribution in [1.29, 1.82) is 0 Å². The average Bonchev–Trinajstić information content (AvgIpc) is 3.49. The number of aromatic nitrogens is 3. The first-order valence-electron chi connectivity index (χ1n) is 9.70. The smallest absolute Gasteiger partial charge is 0.287 e. The Bertz CT molecular complexity index is 1240. The molecule has 4 aromatic rings. The zero-order valence-corrected chi connectivity index (χ0v) is 19.4. The fraction of sp³-hybridized carbons (Fsp3) is 0.0909. The molecule has 0 aliphatic carbocycles. The highest BCUT2D eigenvalue weighted by Gasteiger charge is 2.18. The number of hydrogen-bond donors (Lipinski definition) is 2. The molecule has 0 saturated heterocycles. The van der Waals surface area contributed by atoms with E-state index in [1.807, 2.05) is 24.3 Å². The molecule has 2 aromatic heterocycles. The zero-order chi connectivity index (χ0) is 23.2. The summed E-state index contributed by atoms with van der Waals surface area (Å²) in [6, 6.07) is 16.2. The summed E-state index contributed by atoms with van der Waals surface area (Å²) < 4.78 is 20.8. The molecule has 8 nitrogen and oxygen atoms in total. The standard InChI is InChI=1S/C22H17BrFN5O3S/c23-14-3-9-17(10-4-14)29-19(12-25-21(31)18-2-1-11-32-18)27-28-22(29)33-13-20(30)26-16-7-5-15(24)6-8-16/h1-11H,12-13H2,(H,25,31)(H,26,30). The lowest BCUT2D eigenvalue weighted by molar-refractivity contribution is -0.113. The van der Waals surface area contributed by atoms with Gasteiger partial charge in [0.05, 0.1) is 18.6 Å². The van der Waals surface area contributed by atoms with E-state index < -0.39 is 0 Å². The van der Waals surface area contributed by atoms with Crippen LogP contribution in [0.3, 0.4) is 0 Å². The molecule has 33 heavy (non-hydrogen) atoms. The molecule has 0 saturated carbocycles. The van der Waals surface area contributed by atoms with Crippen molar-refractivity contribution in [2.24, 2.45) is 0 Å². The minimum atomic E-state index is -0.378. The number of halogens is 2. The van der Waals surface area contributed by atoms with Gasteiger partial charge in [-0.25, -0.2) is 4.39 Å². The van der Waals surface area contributed by atoms with Crippen molar-refractivity contribution in [2.75, 3.05) is 11.1 Å². The van der Waals surface area contributed by atoms with Gasteiger partial charge in [0, 0.05) is 15.8 Å². The summed E-state index contributed by atoms with van der Waals surface area (Å²) in [5, 5.41) is 14.4. The molecule has 0 atom stereocenters. The van der Waals surface area contributed by atoms with Gasteiger partial charge in [-0.2, -0.15) is 0 Å². The molecule has 0 unspecified atom stereocenters. The molecule has 0 aliphatic heterocycles. The Labute approximate surface area is 200 Å². The number of nitrogens with one attached hydrogen (secondary N) is 2.